The van der Waals surface area contributed by atoms with Gasteiger partial charge in [0.2, 0.25) is 0 Å². The summed E-state index contributed by atoms with van der Waals surface area (Å²) in [7, 11) is 0. The van der Waals surface area contributed by atoms with Gasteiger partial charge in [-0.15, -0.1) is 0 Å². The van der Waals surface area contributed by atoms with Crippen molar-refractivity contribution in [2.75, 3.05) is 13.2 Å². The lowest BCUT2D eigenvalue weighted by Gasteiger charge is -2.23. The van der Waals surface area contributed by atoms with Crippen LogP contribution in [0.15, 0.2) is 0 Å². The molecule has 1 saturated heterocycles. The maximum Gasteiger partial charge on any atom is 0.0700 e. The van der Waals surface area contributed by atoms with Crippen LogP contribution in [0.4, 0.5) is 0 Å². The van der Waals surface area contributed by atoms with Crippen molar-refractivity contribution in [1.29, 1.82) is 0 Å². The fourth-order valence-corrected chi connectivity index (χ4v) is 2.27. The molecule has 0 aromatic heterocycles. The number of hydrogen-bond donors (Lipinski definition) is 2. The maximum atomic E-state index is 9.95. The van der Waals surface area contributed by atoms with Gasteiger partial charge in [-0.1, -0.05) is 26.7 Å². The molecule has 0 aromatic carbocycles. The van der Waals surface area contributed by atoms with Crippen molar-refractivity contribution in [1.82, 2.24) is 5.32 Å². The van der Waals surface area contributed by atoms with Crippen molar-refractivity contribution in [3.63, 3.8) is 0 Å². The lowest BCUT2D eigenvalue weighted by atomic mass is 9.96. The first-order valence-corrected chi connectivity index (χ1v) is 6.22. The van der Waals surface area contributed by atoms with Gasteiger partial charge >= 0.3 is 0 Å². The Morgan fingerprint density at radius 3 is 2.53 bits per heavy atom. The molecular weight excluding hydrogens is 190 g/mol. The molecule has 3 unspecified atom stereocenters. The van der Waals surface area contributed by atoms with E-state index in [1.54, 1.807) is 0 Å². The van der Waals surface area contributed by atoms with E-state index in [4.69, 9.17) is 4.74 Å². The largest absolute Gasteiger partial charge is 0.392 e. The third kappa shape index (κ3) is 3.74. The second-order valence-electron chi connectivity index (χ2n) is 4.52. The van der Waals surface area contributed by atoms with Gasteiger partial charge in [0.25, 0.3) is 0 Å². The number of rotatable bonds is 6. The van der Waals surface area contributed by atoms with E-state index < -0.39 is 0 Å². The van der Waals surface area contributed by atoms with Crippen molar-refractivity contribution in [2.24, 2.45) is 5.92 Å². The quantitative estimate of drug-likeness (QED) is 0.706. The van der Waals surface area contributed by atoms with Gasteiger partial charge in [0.05, 0.1) is 12.2 Å². The minimum atomic E-state index is -0.215. The predicted octanol–water partition coefficient (Wildman–Crippen LogP) is 1.55. The fraction of sp³-hybridized carbons (Fsp3) is 1.00. The minimum Gasteiger partial charge on any atom is -0.392 e. The maximum absolute atomic E-state index is 9.95. The summed E-state index contributed by atoms with van der Waals surface area (Å²) in [5, 5.41) is 13.4. The Balaban J connectivity index is 2.23. The Kier molecular flexibility index (Phi) is 5.58. The summed E-state index contributed by atoms with van der Waals surface area (Å²) in [6.45, 7) is 7.91. The molecule has 1 aliphatic heterocycles. The average Bonchev–Trinajstić information content (AvgIpc) is 2.63. The third-order valence-electron chi connectivity index (χ3n) is 3.56. The van der Waals surface area contributed by atoms with Crippen LogP contribution in [0, 0.1) is 5.92 Å². The fourth-order valence-electron chi connectivity index (χ4n) is 2.27. The van der Waals surface area contributed by atoms with Crippen molar-refractivity contribution in [3.8, 4) is 0 Å². The molecule has 3 atom stereocenters. The van der Waals surface area contributed by atoms with Gasteiger partial charge in [-0.05, 0) is 19.3 Å². The Morgan fingerprint density at radius 2 is 2.07 bits per heavy atom. The van der Waals surface area contributed by atoms with Gasteiger partial charge in [0.1, 0.15) is 0 Å². The number of ether oxygens (including phenoxy) is 1. The molecule has 1 rings (SSSR count). The first-order chi connectivity index (χ1) is 7.19. The standard InChI is InChI=1S/C12H25NO2/c1-4-10(5-2)12(14)8-13-11-6-7-15-9(11)3/h9-14H,4-8H2,1-3H3. The molecule has 15 heavy (non-hydrogen) atoms. The molecule has 0 saturated carbocycles. The molecule has 1 fully saturated rings. The first kappa shape index (κ1) is 12.9. The van der Waals surface area contributed by atoms with Crippen molar-refractivity contribution >= 4 is 0 Å². The number of aliphatic hydroxyl groups excluding tert-OH is 1. The molecule has 90 valence electrons. The highest BCUT2D eigenvalue weighted by molar-refractivity contribution is 4.81. The van der Waals surface area contributed by atoms with Gasteiger partial charge in [-0.3, -0.25) is 0 Å². The first-order valence-electron chi connectivity index (χ1n) is 6.22. The van der Waals surface area contributed by atoms with Crippen molar-refractivity contribution in [3.05, 3.63) is 0 Å². The van der Waals surface area contributed by atoms with E-state index in [9.17, 15) is 5.11 Å². The summed E-state index contributed by atoms with van der Waals surface area (Å²) < 4.78 is 5.47. The normalized spacial score (nSPS) is 28.6. The zero-order chi connectivity index (χ0) is 11.3. The summed E-state index contributed by atoms with van der Waals surface area (Å²) >= 11 is 0. The second-order valence-corrected chi connectivity index (χ2v) is 4.52. The molecule has 0 amide bonds. The molecule has 0 spiro atoms. The number of nitrogens with one attached hydrogen (secondary N) is 1. The van der Waals surface area contributed by atoms with Crippen LogP contribution in [-0.2, 0) is 4.74 Å². The van der Waals surface area contributed by atoms with Crippen molar-refractivity contribution < 1.29 is 9.84 Å². The summed E-state index contributed by atoms with van der Waals surface area (Å²) in [6.07, 6.45) is 3.25. The SMILES string of the molecule is CCC(CC)C(O)CNC1CCOC1C. The Labute approximate surface area is 93.2 Å². The molecule has 0 radical (unpaired) electrons. The van der Waals surface area contributed by atoms with Gasteiger partial charge in [0, 0.05) is 19.2 Å². The molecule has 0 bridgehead atoms. The van der Waals surface area contributed by atoms with Gasteiger partial charge in [-0.2, -0.15) is 0 Å². The van der Waals surface area contributed by atoms with E-state index in [1.165, 1.54) is 0 Å². The minimum absolute atomic E-state index is 0.215. The van der Waals surface area contributed by atoms with Crippen LogP contribution in [0.3, 0.4) is 0 Å². The summed E-state index contributed by atoms with van der Waals surface area (Å²) in [4.78, 5) is 0. The van der Waals surface area contributed by atoms with Crippen LogP contribution in [0.2, 0.25) is 0 Å². The molecule has 0 aromatic rings. The Morgan fingerprint density at radius 1 is 1.40 bits per heavy atom. The van der Waals surface area contributed by atoms with Crippen LogP contribution < -0.4 is 5.32 Å². The monoisotopic (exact) mass is 215 g/mol. The third-order valence-corrected chi connectivity index (χ3v) is 3.56. The van der Waals surface area contributed by atoms with Crippen molar-refractivity contribution in [2.45, 2.75) is 58.3 Å². The zero-order valence-corrected chi connectivity index (χ0v) is 10.2. The van der Waals surface area contributed by atoms with E-state index in [-0.39, 0.29) is 6.10 Å². The van der Waals surface area contributed by atoms with E-state index in [0.29, 0.717) is 24.6 Å². The van der Waals surface area contributed by atoms with Gasteiger partial charge in [0.15, 0.2) is 0 Å². The highest BCUT2D eigenvalue weighted by Crippen LogP contribution is 2.15. The summed E-state index contributed by atoms with van der Waals surface area (Å²) in [5.41, 5.74) is 0. The molecule has 3 heteroatoms. The van der Waals surface area contributed by atoms with Crippen LogP contribution in [0.1, 0.15) is 40.0 Å². The number of aliphatic hydroxyl groups is 1. The second kappa shape index (κ2) is 6.46. The van der Waals surface area contributed by atoms with Gasteiger partial charge < -0.3 is 15.2 Å². The summed E-state index contributed by atoms with van der Waals surface area (Å²) in [5.74, 6) is 0.426. The topological polar surface area (TPSA) is 41.5 Å². The summed E-state index contributed by atoms with van der Waals surface area (Å²) in [6, 6.07) is 0.425. The van der Waals surface area contributed by atoms with Crippen LogP contribution in [0.5, 0.6) is 0 Å². The van der Waals surface area contributed by atoms with E-state index in [0.717, 1.165) is 25.9 Å². The Hall–Kier alpha value is -0.120. The molecule has 0 aliphatic carbocycles. The van der Waals surface area contributed by atoms with E-state index >= 15 is 0 Å². The molecule has 2 N–H and O–H groups in total. The smallest absolute Gasteiger partial charge is 0.0700 e. The average molecular weight is 215 g/mol. The Bertz CT molecular complexity index is 171. The predicted molar refractivity (Wildman–Crippen MR) is 61.9 cm³/mol. The zero-order valence-electron chi connectivity index (χ0n) is 10.2. The molecule has 3 nitrogen and oxygen atoms in total. The van der Waals surface area contributed by atoms with Crippen LogP contribution in [0.25, 0.3) is 0 Å². The highest BCUT2D eigenvalue weighted by atomic mass is 16.5. The number of hydrogen-bond acceptors (Lipinski definition) is 3. The molecular formula is C12H25NO2. The highest BCUT2D eigenvalue weighted by Gasteiger charge is 2.25. The van der Waals surface area contributed by atoms with Gasteiger partial charge in [-0.25, -0.2) is 0 Å². The molecule has 1 aliphatic rings. The van der Waals surface area contributed by atoms with Crippen LogP contribution in [-0.4, -0.2) is 36.5 Å². The lowest BCUT2D eigenvalue weighted by Crippen LogP contribution is -2.41. The van der Waals surface area contributed by atoms with E-state index in [2.05, 4.69) is 26.1 Å². The molecule has 1 heterocycles. The van der Waals surface area contributed by atoms with E-state index in [1.807, 2.05) is 0 Å². The lowest BCUT2D eigenvalue weighted by molar-refractivity contribution is 0.0853. The van der Waals surface area contributed by atoms with Crippen LogP contribution >= 0.6 is 0 Å².